The minimum Gasteiger partial charge on any atom is -0.453 e. The molecule has 1 aromatic heterocycles. The van der Waals surface area contributed by atoms with Crippen molar-refractivity contribution >= 4 is 48.7 Å². The Bertz CT molecular complexity index is 1490. The van der Waals surface area contributed by atoms with E-state index in [4.69, 9.17) is 30.7 Å². The molecule has 3 rings (SSSR count). The van der Waals surface area contributed by atoms with Crippen molar-refractivity contribution in [1.29, 1.82) is 5.41 Å². The standard InChI is InChI=1S/C18H16F3N5O2.2CH4O3S/c1-26(17(23)24)16(27)12-8-9-10(18(19,20)21)6-7-14(15(9)25-12)28-13-5-3-2-4-11(13)22;2*1-5(2,3)4/h2-8,25H,22H2,1H3,(H3,23,24);2*1H3,(H,2,3,4). The maximum absolute atomic E-state index is 13.4. The number of aromatic nitrogens is 1. The van der Waals surface area contributed by atoms with E-state index >= 15 is 0 Å². The van der Waals surface area contributed by atoms with Crippen molar-refractivity contribution in [3.05, 3.63) is 53.7 Å². The number of nitrogen functional groups attached to an aromatic ring is 1. The number of benzene rings is 2. The number of hydrogen-bond acceptors (Lipinski definition) is 8. The van der Waals surface area contributed by atoms with Gasteiger partial charge in [0.15, 0.2) is 11.7 Å². The van der Waals surface area contributed by atoms with E-state index in [1.165, 1.54) is 7.05 Å². The number of amides is 1. The second-order valence-corrected chi connectivity index (χ2v) is 10.4. The fourth-order valence-corrected chi connectivity index (χ4v) is 2.62. The molecule has 0 aliphatic heterocycles. The summed E-state index contributed by atoms with van der Waals surface area (Å²) in [4.78, 5) is 15.8. The molecule has 0 atom stereocenters. The van der Waals surface area contributed by atoms with Crippen molar-refractivity contribution < 1.29 is 48.6 Å². The molecule has 1 heterocycles. The Kier molecular flexibility index (Phi) is 10.3. The molecular weight excluding hydrogens is 559 g/mol. The summed E-state index contributed by atoms with van der Waals surface area (Å²) in [6.07, 6.45) is -3.21. The largest absolute Gasteiger partial charge is 0.453 e. The number of H-pyrrole nitrogens is 1. The zero-order chi connectivity index (χ0) is 29.6. The number of nitrogens with zero attached hydrogens (tertiary/aromatic N) is 1. The number of carbonyl (C=O) groups excluding carboxylic acids is 1. The molecule has 0 spiro atoms. The number of rotatable bonds is 3. The first-order valence-corrected chi connectivity index (χ1v) is 13.5. The lowest BCUT2D eigenvalue weighted by Crippen LogP contribution is -2.38. The topological polar surface area (TPSA) is 230 Å². The SMILES string of the molecule is CN(C(=N)N)C(=O)c1cc2c(C(F)(F)F)ccc(Oc3ccccc3N)c2[nH]1.CS(=O)(=O)O.CS(=O)(=O)O. The third-order valence-corrected chi connectivity index (χ3v) is 4.10. The van der Waals surface area contributed by atoms with Gasteiger partial charge in [0, 0.05) is 12.4 Å². The predicted octanol–water partition coefficient (Wildman–Crippen LogP) is 2.53. The van der Waals surface area contributed by atoms with Gasteiger partial charge in [-0.2, -0.15) is 30.0 Å². The van der Waals surface area contributed by atoms with Crippen LogP contribution in [-0.2, 0) is 26.4 Å². The fourth-order valence-electron chi connectivity index (χ4n) is 2.62. The van der Waals surface area contributed by atoms with E-state index in [9.17, 15) is 34.8 Å². The van der Waals surface area contributed by atoms with E-state index in [2.05, 4.69) is 4.98 Å². The lowest BCUT2D eigenvalue weighted by molar-refractivity contribution is -0.136. The smallest absolute Gasteiger partial charge is 0.417 e. The van der Waals surface area contributed by atoms with Crippen LogP contribution in [-0.4, -0.2) is 67.3 Å². The first-order chi connectivity index (χ1) is 17.1. The van der Waals surface area contributed by atoms with Crippen LogP contribution in [0.15, 0.2) is 42.5 Å². The maximum Gasteiger partial charge on any atom is 0.417 e. The molecule has 1 amide bonds. The molecule has 8 N–H and O–H groups in total. The average Bonchev–Trinajstić information content (AvgIpc) is 3.16. The van der Waals surface area contributed by atoms with Crippen LogP contribution in [0.5, 0.6) is 11.5 Å². The molecule has 18 heteroatoms. The molecule has 0 fully saturated rings. The number of hydrogen-bond donors (Lipinski definition) is 6. The third kappa shape index (κ3) is 10.6. The van der Waals surface area contributed by atoms with E-state index in [1.54, 1.807) is 24.3 Å². The summed E-state index contributed by atoms with van der Waals surface area (Å²) in [6, 6.07) is 9.58. The first-order valence-electron chi connectivity index (χ1n) is 9.81. The second kappa shape index (κ2) is 12.1. The number of nitrogens with two attached hydrogens (primary N) is 2. The number of carbonyl (C=O) groups is 1. The van der Waals surface area contributed by atoms with E-state index in [-0.39, 0.29) is 28.1 Å². The summed E-state index contributed by atoms with van der Waals surface area (Å²) < 4.78 is 97.7. The van der Waals surface area contributed by atoms with Gasteiger partial charge in [-0.3, -0.25) is 24.2 Å². The van der Waals surface area contributed by atoms with Crippen molar-refractivity contribution in [3.63, 3.8) is 0 Å². The summed E-state index contributed by atoms with van der Waals surface area (Å²) in [5.41, 5.74) is 10.3. The number of nitrogens with one attached hydrogen (secondary N) is 2. The first kappa shape index (κ1) is 32.2. The molecule has 3 aromatic rings. The summed E-state index contributed by atoms with van der Waals surface area (Å²) in [5, 5.41) is 7.07. The van der Waals surface area contributed by atoms with Crippen LogP contribution in [0.3, 0.4) is 0 Å². The molecule has 0 aliphatic carbocycles. The number of para-hydroxylation sites is 2. The Morgan fingerprint density at radius 1 is 1.03 bits per heavy atom. The summed E-state index contributed by atoms with van der Waals surface area (Å²) in [5.74, 6) is -0.993. The molecule has 2 aromatic carbocycles. The molecule has 0 saturated heterocycles. The van der Waals surface area contributed by atoms with Crippen LogP contribution in [0.2, 0.25) is 0 Å². The van der Waals surface area contributed by atoms with Crippen molar-refractivity contribution in [2.24, 2.45) is 5.73 Å². The van der Waals surface area contributed by atoms with E-state index in [0.717, 1.165) is 23.1 Å². The normalized spacial score (nSPS) is 11.5. The molecule has 0 aliphatic rings. The zero-order valence-electron chi connectivity index (χ0n) is 19.9. The highest BCUT2D eigenvalue weighted by molar-refractivity contribution is 7.85. The van der Waals surface area contributed by atoms with Crippen molar-refractivity contribution in [2.45, 2.75) is 6.18 Å². The molecule has 0 saturated carbocycles. The number of fused-ring (bicyclic) bond motifs is 1. The van der Waals surface area contributed by atoms with Gasteiger partial charge in [0.05, 0.1) is 29.3 Å². The Balaban J connectivity index is 0.000000616. The van der Waals surface area contributed by atoms with Gasteiger partial charge >= 0.3 is 6.18 Å². The van der Waals surface area contributed by atoms with Gasteiger partial charge in [0.1, 0.15) is 11.4 Å². The van der Waals surface area contributed by atoms with Crippen LogP contribution < -0.4 is 16.2 Å². The van der Waals surface area contributed by atoms with Gasteiger partial charge in [-0.05, 0) is 30.3 Å². The van der Waals surface area contributed by atoms with Crippen LogP contribution in [0.4, 0.5) is 18.9 Å². The Morgan fingerprint density at radius 2 is 1.53 bits per heavy atom. The lowest BCUT2D eigenvalue weighted by Gasteiger charge is -2.13. The second-order valence-electron chi connectivity index (χ2n) is 7.44. The Labute approximate surface area is 215 Å². The average molecular weight is 584 g/mol. The van der Waals surface area contributed by atoms with Crippen molar-refractivity contribution in [3.8, 4) is 11.5 Å². The van der Waals surface area contributed by atoms with Gasteiger partial charge in [0.2, 0.25) is 0 Å². The molecule has 13 nitrogen and oxygen atoms in total. The van der Waals surface area contributed by atoms with E-state index in [1.807, 2.05) is 0 Å². The Hall–Kier alpha value is -3.87. The van der Waals surface area contributed by atoms with Crippen LogP contribution >= 0.6 is 0 Å². The van der Waals surface area contributed by atoms with Crippen LogP contribution in [0.25, 0.3) is 10.9 Å². The van der Waals surface area contributed by atoms with Crippen LogP contribution in [0, 0.1) is 5.41 Å². The number of halogens is 3. The number of ether oxygens (including phenoxy) is 1. The summed E-state index contributed by atoms with van der Waals surface area (Å²) in [7, 11) is -6.09. The number of aromatic amines is 1. The highest BCUT2D eigenvalue weighted by Gasteiger charge is 2.34. The minimum atomic E-state index is -4.64. The number of anilines is 1. The quantitative estimate of drug-likeness (QED) is 0.114. The lowest BCUT2D eigenvalue weighted by atomic mass is 10.1. The van der Waals surface area contributed by atoms with E-state index in [0.29, 0.717) is 18.2 Å². The molecular formula is C20H24F3N5O8S2. The van der Waals surface area contributed by atoms with Gasteiger partial charge in [0.25, 0.3) is 26.1 Å². The summed E-state index contributed by atoms with van der Waals surface area (Å²) in [6.45, 7) is 0. The predicted molar refractivity (Wildman–Crippen MR) is 133 cm³/mol. The summed E-state index contributed by atoms with van der Waals surface area (Å²) >= 11 is 0. The molecule has 0 unspecified atom stereocenters. The van der Waals surface area contributed by atoms with Crippen molar-refractivity contribution in [2.75, 3.05) is 25.3 Å². The van der Waals surface area contributed by atoms with Crippen LogP contribution in [0.1, 0.15) is 16.1 Å². The van der Waals surface area contributed by atoms with Gasteiger partial charge in [-0.1, -0.05) is 12.1 Å². The fraction of sp³-hybridized carbons (Fsp3) is 0.200. The van der Waals surface area contributed by atoms with Gasteiger partial charge in [-0.15, -0.1) is 0 Å². The van der Waals surface area contributed by atoms with Crippen molar-refractivity contribution in [1.82, 2.24) is 9.88 Å². The number of guanidine groups is 1. The molecule has 38 heavy (non-hydrogen) atoms. The van der Waals surface area contributed by atoms with E-state index < -0.39 is 43.8 Å². The minimum absolute atomic E-state index is 0.0293. The molecule has 0 radical (unpaired) electrons. The molecule has 210 valence electrons. The van der Waals surface area contributed by atoms with Gasteiger partial charge in [-0.25, -0.2) is 0 Å². The molecule has 0 bridgehead atoms. The highest BCUT2D eigenvalue weighted by Crippen LogP contribution is 2.40. The van der Waals surface area contributed by atoms with Gasteiger partial charge < -0.3 is 21.2 Å². The third-order valence-electron chi connectivity index (χ3n) is 4.10. The Morgan fingerprint density at radius 3 is 1.97 bits per heavy atom. The zero-order valence-corrected chi connectivity index (χ0v) is 21.6. The maximum atomic E-state index is 13.4. The number of alkyl halides is 3. The highest BCUT2D eigenvalue weighted by atomic mass is 32.2. The monoisotopic (exact) mass is 583 g/mol.